The maximum atomic E-state index is 13.8. The van der Waals surface area contributed by atoms with E-state index >= 15 is 0 Å². The lowest BCUT2D eigenvalue weighted by atomic mass is 9.98. The zero-order valence-electron chi connectivity index (χ0n) is 33.1. The summed E-state index contributed by atoms with van der Waals surface area (Å²) in [6.45, 7) is 14.3. The smallest absolute Gasteiger partial charge is 0.511 e. The average Bonchev–Trinajstić information content (AvgIpc) is 3.78. The van der Waals surface area contributed by atoms with Gasteiger partial charge in [0.05, 0.1) is 17.6 Å². The Morgan fingerprint density at radius 2 is 1.71 bits per heavy atom. The van der Waals surface area contributed by atoms with Crippen LogP contribution in [-0.2, 0) is 37.6 Å². The maximum absolute atomic E-state index is 13.8. The van der Waals surface area contributed by atoms with Crippen LogP contribution in [-0.4, -0.2) is 89.0 Å². The van der Waals surface area contributed by atoms with Crippen LogP contribution in [0.3, 0.4) is 0 Å². The van der Waals surface area contributed by atoms with Gasteiger partial charge in [-0.15, -0.1) is 10.1 Å². The van der Waals surface area contributed by atoms with Crippen LogP contribution in [0.2, 0.25) is 0 Å². The van der Waals surface area contributed by atoms with Gasteiger partial charge in [-0.1, -0.05) is 55.5 Å². The molecule has 0 amide bonds. The second kappa shape index (κ2) is 18.6. The number of benzene rings is 2. The van der Waals surface area contributed by atoms with E-state index in [0.717, 1.165) is 28.7 Å². The Hall–Kier alpha value is -5.58. The second-order valence-electron chi connectivity index (χ2n) is 14.7. The fourth-order valence-electron chi connectivity index (χ4n) is 5.52. The van der Waals surface area contributed by atoms with Gasteiger partial charge in [-0.05, 0) is 94.3 Å². The fraction of sp³-hybridized carbons (Fsp3) is 0.526. The second-order valence-corrected chi connectivity index (χ2v) is 14.7. The van der Waals surface area contributed by atoms with E-state index in [0.29, 0.717) is 42.3 Å². The van der Waals surface area contributed by atoms with E-state index in [1.165, 1.54) is 11.9 Å². The first-order valence-corrected chi connectivity index (χ1v) is 18.4. The Morgan fingerprint density at radius 1 is 1.02 bits per heavy atom. The number of aliphatic hydroxyl groups is 1. The van der Waals surface area contributed by atoms with Crippen LogP contribution in [0.25, 0.3) is 22.5 Å². The Balaban J connectivity index is 1.39. The number of aromatic nitrogens is 6. The molecule has 0 aliphatic carbocycles. The molecule has 2 aromatic carbocycles. The van der Waals surface area contributed by atoms with Gasteiger partial charge in [0.1, 0.15) is 29.8 Å². The van der Waals surface area contributed by atoms with Crippen molar-refractivity contribution in [2.24, 2.45) is 5.28 Å². The number of ether oxygens (including phenoxy) is 3. The normalized spacial score (nSPS) is 13.2. The molecular formula is C38H53N9O8. The third kappa shape index (κ3) is 11.7. The lowest BCUT2D eigenvalue weighted by Gasteiger charge is -2.26. The predicted octanol–water partition coefficient (Wildman–Crippen LogP) is 6.71. The first kappa shape index (κ1) is 42.2. The van der Waals surface area contributed by atoms with Gasteiger partial charge in [0.25, 0.3) is 0 Å². The Kier molecular flexibility index (Phi) is 14.3. The molecule has 0 fully saturated rings. The zero-order valence-corrected chi connectivity index (χ0v) is 33.1. The van der Waals surface area contributed by atoms with Crippen molar-refractivity contribution in [1.29, 1.82) is 0 Å². The Morgan fingerprint density at radius 3 is 2.33 bits per heavy atom. The van der Waals surface area contributed by atoms with E-state index in [-0.39, 0.29) is 24.5 Å². The number of carbonyl (C=O) groups is 2. The standard InChI is InChI=1S/C38H53N9O8/c1-10-15-31-39-33(38(7,8)50)32(46(31)24-27-19-21-28(22-20-27)29-17-11-12-18-30(29)34-40-42-43-41-34)35(48)54-26(3)55-36(49)53-25(2)16-13-14-23-52-44-47(51)45(9)37(4,5)6/h11-12,17-22,25-26,50H,10,13-16,23-24H2,1-9H3,(H,40,41,42,43)/b47-44-/t25-,26?/m0/s1. The number of H-pyrrole nitrogens is 1. The van der Waals surface area contributed by atoms with Gasteiger partial charge < -0.3 is 33.9 Å². The molecule has 2 aromatic heterocycles. The molecule has 2 N–H and O–H groups in total. The van der Waals surface area contributed by atoms with Crippen molar-refractivity contribution in [2.45, 2.75) is 118 Å². The third-order valence-electron chi connectivity index (χ3n) is 8.71. The summed E-state index contributed by atoms with van der Waals surface area (Å²) in [5.74, 6) is 0.333. The van der Waals surface area contributed by atoms with Gasteiger partial charge in [-0.3, -0.25) is 0 Å². The monoisotopic (exact) mass is 763 g/mol. The van der Waals surface area contributed by atoms with E-state index in [1.54, 1.807) is 32.4 Å². The number of nitrogens with one attached hydrogen (secondary N) is 1. The van der Waals surface area contributed by atoms with Gasteiger partial charge in [-0.25, -0.2) is 19.7 Å². The average molecular weight is 764 g/mol. The molecule has 2 atom stereocenters. The molecular weight excluding hydrogens is 710 g/mol. The Labute approximate surface area is 321 Å². The number of hydrogen-bond donors (Lipinski definition) is 2. The number of aryl methyl sites for hydroxylation is 1. The van der Waals surface area contributed by atoms with Crippen molar-refractivity contribution in [3.63, 3.8) is 0 Å². The van der Waals surface area contributed by atoms with E-state index < -0.39 is 35.7 Å². The molecule has 4 rings (SSSR count). The van der Waals surface area contributed by atoms with Crippen LogP contribution in [0, 0.1) is 5.21 Å². The van der Waals surface area contributed by atoms with Crippen LogP contribution in [0.5, 0.6) is 0 Å². The van der Waals surface area contributed by atoms with E-state index in [1.807, 2.05) is 76.2 Å². The molecule has 0 bridgehead atoms. The zero-order chi connectivity index (χ0) is 40.3. The molecule has 0 aliphatic rings. The highest BCUT2D eigenvalue weighted by Gasteiger charge is 2.34. The van der Waals surface area contributed by atoms with E-state index in [9.17, 15) is 19.9 Å². The van der Waals surface area contributed by atoms with E-state index in [2.05, 4.69) is 25.9 Å². The largest absolute Gasteiger partial charge is 0.569 e. The molecule has 0 aliphatic heterocycles. The highest BCUT2D eigenvalue weighted by Crippen LogP contribution is 2.31. The first-order valence-electron chi connectivity index (χ1n) is 18.4. The molecule has 0 saturated carbocycles. The fourth-order valence-corrected chi connectivity index (χ4v) is 5.52. The summed E-state index contributed by atoms with van der Waals surface area (Å²) in [7, 11) is 1.62. The van der Waals surface area contributed by atoms with Crippen LogP contribution < -0.4 is 0 Å². The van der Waals surface area contributed by atoms with Gasteiger partial charge in [0, 0.05) is 25.5 Å². The summed E-state index contributed by atoms with van der Waals surface area (Å²) in [5.41, 5.74) is 1.91. The molecule has 17 heteroatoms. The van der Waals surface area contributed by atoms with Crippen molar-refractivity contribution in [3.8, 4) is 22.5 Å². The number of unbranched alkanes of at least 4 members (excludes halogenated alkanes) is 1. The summed E-state index contributed by atoms with van der Waals surface area (Å²) >= 11 is 0. The molecule has 4 aromatic rings. The minimum absolute atomic E-state index is 0.0551. The number of esters is 1. The molecule has 55 heavy (non-hydrogen) atoms. The van der Waals surface area contributed by atoms with Crippen molar-refractivity contribution in [2.75, 3.05) is 13.7 Å². The van der Waals surface area contributed by atoms with E-state index in [4.69, 9.17) is 24.0 Å². The van der Waals surface area contributed by atoms with Crippen molar-refractivity contribution in [3.05, 3.63) is 76.5 Å². The minimum atomic E-state index is -1.49. The SMILES string of the molecule is CCCc1nc(C(C)(C)O)c(C(=O)OC(C)OC(=O)O[C@@H](C)CCCCO/N=[N+](\[O-])N(C)C(C)(C)C)n1Cc1ccc(-c2ccccc2-c2nnn[nH]2)cc1. The number of tetrazole rings is 1. The molecule has 0 saturated heterocycles. The lowest BCUT2D eigenvalue weighted by molar-refractivity contribution is -0.719. The number of aromatic amines is 1. The molecule has 298 valence electrons. The number of hydrazine groups is 1. The highest BCUT2D eigenvalue weighted by molar-refractivity contribution is 5.89. The van der Waals surface area contributed by atoms with Crippen molar-refractivity contribution in [1.82, 2.24) is 35.2 Å². The molecule has 2 heterocycles. The summed E-state index contributed by atoms with van der Waals surface area (Å²) in [5, 5.41) is 42.3. The quantitative estimate of drug-likeness (QED) is 0.0270. The van der Waals surface area contributed by atoms with Crippen LogP contribution >= 0.6 is 0 Å². The van der Waals surface area contributed by atoms with Crippen LogP contribution in [0.1, 0.15) is 109 Å². The lowest BCUT2D eigenvalue weighted by Crippen LogP contribution is -2.42. The number of imidazole rings is 1. The van der Waals surface area contributed by atoms with Gasteiger partial charge in [0.2, 0.25) is 11.6 Å². The number of hydrogen-bond acceptors (Lipinski definition) is 13. The van der Waals surface area contributed by atoms with Crippen molar-refractivity contribution >= 4 is 12.1 Å². The molecule has 0 radical (unpaired) electrons. The maximum Gasteiger partial charge on any atom is 0.511 e. The number of rotatable bonds is 18. The molecule has 17 nitrogen and oxygen atoms in total. The predicted molar refractivity (Wildman–Crippen MR) is 201 cm³/mol. The third-order valence-corrected chi connectivity index (χ3v) is 8.71. The minimum Gasteiger partial charge on any atom is -0.569 e. The van der Waals surface area contributed by atoms with Gasteiger partial charge in [0.15, 0.2) is 11.5 Å². The molecule has 1 unspecified atom stereocenters. The van der Waals surface area contributed by atoms with Crippen LogP contribution in [0.15, 0.2) is 53.8 Å². The summed E-state index contributed by atoms with van der Waals surface area (Å²) in [4.78, 5) is 36.6. The van der Waals surface area contributed by atoms with Gasteiger partial charge >= 0.3 is 12.1 Å². The summed E-state index contributed by atoms with van der Waals surface area (Å²) < 4.78 is 18.0. The highest BCUT2D eigenvalue weighted by atomic mass is 16.8. The van der Waals surface area contributed by atoms with Gasteiger partial charge in [-0.2, -0.15) is 0 Å². The Bertz CT molecular complexity index is 1880. The van der Waals surface area contributed by atoms with Crippen LogP contribution in [0.4, 0.5) is 4.79 Å². The topological polar surface area (TPSA) is 205 Å². The molecule has 0 spiro atoms. The summed E-state index contributed by atoms with van der Waals surface area (Å²) in [6, 6.07) is 15.6. The summed E-state index contributed by atoms with van der Waals surface area (Å²) in [6.07, 6.45) is 0.154. The number of carbonyl (C=O) groups excluding carboxylic acids is 2. The van der Waals surface area contributed by atoms with Crippen molar-refractivity contribution < 1.29 is 38.7 Å². The first-order chi connectivity index (χ1) is 26.0. The number of nitrogens with zero attached hydrogens (tertiary/aromatic N) is 8.